The number of quaternary nitrogens is 1. The molecule has 0 bridgehead atoms. The number of hydrogen-bond acceptors (Lipinski definition) is 2. The molecule has 0 saturated carbocycles. The fourth-order valence-corrected chi connectivity index (χ4v) is 0.943. The van der Waals surface area contributed by atoms with Crippen molar-refractivity contribution >= 4 is 6.09 Å². The molecule has 4 heteroatoms. The van der Waals surface area contributed by atoms with Crippen LogP contribution in [0.15, 0.2) is 12.4 Å². The van der Waals surface area contributed by atoms with Crippen molar-refractivity contribution in [1.29, 1.82) is 0 Å². The summed E-state index contributed by atoms with van der Waals surface area (Å²) in [5.41, 5.74) is 0. The Kier molecular flexibility index (Phi) is 1.40. The summed E-state index contributed by atoms with van der Waals surface area (Å²) in [6, 6.07) is 0. The van der Waals surface area contributed by atoms with Gasteiger partial charge in [0.25, 0.3) is 0 Å². The zero-order valence-electron chi connectivity index (χ0n) is 6.11. The Hall–Kier alpha value is -1.03. The van der Waals surface area contributed by atoms with Gasteiger partial charge >= 0.3 is 6.09 Å². The van der Waals surface area contributed by atoms with Crippen molar-refractivity contribution in [1.82, 2.24) is 4.90 Å². The molecule has 1 aliphatic heterocycles. The van der Waals surface area contributed by atoms with E-state index in [0.29, 0.717) is 6.67 Å². The minimum atomic E-state index is -0.819. The predicted molar refractivity (Wildman–Crippen MR) is 36.0 cm³/mol. The summed E-state index contributed by atoms with van der Waals surface area (Å²) in [6.07, 6.45) is 2.61. The van der Waals surface area contributed by atoms with Crippen LogP contribution in [-0.4, -0.2) is 41.3 Å². The summed E-state index contributed by atoms with van der Waals surface area (Å²) in [5.74, 6) is 0. The lowest BCUT2D eigenvalue weighted by atomic mass is 10.6. The van der Waals surface area contributed by atoms with Crippen LogP contribution in [0.4, 0.5) is 4.79 Å². The van der Waals surface area contributed by atoms with Gasteiger partial charge in [-0.2, -0.15) is 9.28 Å². The maximum atomic E-state index is 10.6. The van der Waals surface area contributed by atoms with Gasteiger partial charge in [0.1, 0.15) is 6.20 Å². The van der Waals surface area contributed by atoms with Crippen molar-refractivity contribution in [2.45, 2.75) is 0 Å². The van der Waals surface area contributed by atoms with Crippen LogP contribution < -0.4 is 0 Å². The lowest BCUT2D eigenvalue weighted by Crippen LogP contribution is -2.44. The predicted octanol–water partition coefficient (Wildman–Crippen LogP) is 0.485. The molecule has 10 heavy (non-hydrogen) atoms. The van der Waals surface area contributed by atoms with E-state index in [2.05, 4.69) is 0 Å². The Balaban J connectivity index is 2.75. The number of nitrogens with zero attached hydrogens (tertiary/aromatic N) is 2. The number of amides is 1. The van der Waals surface area contributed by atoms with Gasteiger partial charge in [-0.1, -0.05) is 0 Å². The van der Waals surface area contributed by atoms with Crippen LogP contribution in [0.5, 0.6) is 0 Å². The molecule has 56 valence electrons. The molecule has 0 spiro atoms. The third kappa shape index (κ3) is 0.974. The highest BCUT2D eigenvalue weighted by atomic mass is 16.4. The molecular formula is C6H11N2O2+. The van der Waals surface area contributed by atoms with E-state index in [4.69, 9.17) is 5.11 Å². The first kappa shape index (κ1) is 7.08. The molecule has 1 atom stereocenters. The third-order valence-electron chi connectivity index (χ3n) is 1.60. The van der Waals surface area contributed by atoms with Gasteiger partial charge in [-0.15, -0.1) is 0 Å². The highest BCUT2D eigenvalue weighted by Crippen LogP contribution is 2.12. The fraction of sp³-hybridized carbons (Fsp3) is 0.500. The maximum absolute atomic E-state index is 10.6. The van der Waals surface area contributed by atoms with Gasteiger partial charge in [0.2, 0.25) is 0 Å². The SMILES string of the molecule is CN1C=C[N+](C)(C(=O)O)C1. The number of carboxylic acid groups (broad SMARTS) is 1. The number of rotatable bonds is 0. The average Bonchev–Trinajstić information content (AvgIpc) is 2.13. The third-order valence-corrected chi connectivity index (χ3v) is 1.60. The van der Waals surface area contributed by atoms with Gasteiger partial charge in [0.15, 0.2) is 6.67 Å². The molecule has 1 N–H and O–H groups in total. The Bertz CT molecular complexity index is 190. The average molecular weight is 143 g/mol. The van der Waals surface area contributed by atoms with E-state index >= 15 is 0 Å². The number of hydrogen-bond donors (Lipinski definition) is 1. The highest BCUT2D eigenvalue weighted by Gasteiger charge is 2.34. The summed E-state index contributed by atoms with van der Waals surface area (Å²) < 4.78 is -0.0451. The van der Waals surface area contributed by atoms with E-state index in [-0.39, 0.29) is 4.48 Å². The number of carbonyl (C=O) groups is 1. The molecule has 0 radical (unpaired) electrons. The van der Waals surface area contributed by atoms with Crippen LogP contribution in [0.1, 0.15) is 0 Å². The summed E-state index contributed by atoms with van der Waals surface area (Å²) in [5, 5.41) is 8.68. The molecule has 0 aromatic carbocycles. The Morgan fingerprint density at radius 3 is 2.60 bits per heavy atom. The second-order valence-corrected chi connectivity index (χ2v) is 2.75. The zero-order chi connectivity index (χ0) is 7.78. The summed E-state index contributed by atoms with van der Waals surface area (Å²) in [6.45, 7) is 0.509. The van der Waals surface area contributed by atoms with Crippen LogP contribution in [0.3, 0.4) is 0 Å². The summed E-state index contributed by atoms with van der Waals surface area (Å²) in [4.78, 5) is 12.4. The Labute approximate surface area is 59.6 Å². The van der Waals surface area contributed by atoms with E-state index in [9.17, 15) is 4.79 Å². The van der Waals surface area contributed by atoms with Crippen molar-refractivity contribution in [2.75, 3.05) is 20.8 Å². The second kappa shape index (κ2) is 1.98. The molecule has 0 aliphatic carbocycles. The van der Waals surface area contributed by atoms with Gasteiger partial charge in [-0.3, -0.25) is 0 Å². The molecule has 0 saturated heterocycles. The topological polar surface area (TPSA) is 40.5 Å². The molecule has 1 unspecified atom stereocenters. The lowest BCUT2D eigenvalue weighted by Gasteiger charge is -2.19. The van der Waals surface area contributed by atoms with Gasteiger partial charge in [0.05, 0.1) is 13.2 Å². The molecule has 0 aromatic rings. The summed E-state index contributed by atoms with van der Waals surface area (Å²) in [7, 11) is 3.51. The Morgan fingerprint density at radius 1 is 1.80 bits per heavy atom. The first-order valence-electron chi connectivity index (χ1n) is 3.03. The first-order chi connectivity index (χ1) is 4.54. The molecule has 1 heterocycles. The van der Waals surface area contributed by atoms with E-state index < -0.39 is 6.09 Å². The van der Waals surface area contributed by atoms with Crippen LogP contribution >= 0.6 is 0 Å². The van der Waals surface area contributed by atoms with Crippen LogP contribution in [0.25, 0.3) is 0 Å². The van der Waals surface area contributed by atoms with E-state index in [1.54, 1.807) is 19.4 Å². The van der Waals surface area contributed by atoms with Crippen LogP contribution in [-0.2, 0) is 0 Å². The van der Waals surface area contributed by atoms with Crippen LogP contribution in [0.2, 0.25) is 0 Å². The molecule has 1 aliphatic rings. The molecule has 1 rings (SSSR count). The second-order valence-electron chi connectivity index (χ2n) is 2.75. The van der Waals surface area contributed by atoms with Crippen molar-refractivity contribution < 1.29 is 14.4 Å². The zero-order valence-corrected chi connectivity index (χ0v) is 6.11. The van der Waals surface area contributed by atoms with Crippen molar-refractivity contribution in [3.8, 4) is 0 Å². The maximum Gasteiger partial charge on any atom is 0.519 e. The first-order valence-corrected chi connectivity index (χ1v) is 3.03. The van der Waals surface area contributed by atoms with Crippen LogP contribution in [0, 0.1) is 0 Å². The molecule has 0 aromatic heterocycles. The van der Waals surface area contributed by atoms with E-state index in [1.165, 1.54) is 0 Å². The molecule has 0 fully saturated rings. The van der Waals surface area contributed by atoms with Gasteiger partial charge in [-0.25, -0.2) is 0 Å². The minimum absolute atomic E-state index is 0.0451. The van der Waals surface area contributed by atoms with E-state index in [0.717, 1.165) is 0 Å². The van der Waals surface area contributed by atoms with Crippen molar-refractivity contribution in [3.05, 3.63) is 12.4 Å². The molecule has 4 nitrogen and oxygen atoms in total. The van der Waals surface area contributed by atoms with Gasteiger partial charge in [-0.05, 0) is 0 Å². The van der Waals surface area contributed by atoms with Gasteiger partial charge < -0.3 is 10.0 Å². The van der Waals surface area contributed by atoms with Crippen molar-refractivity contribution in [2.24, 2.45) is 0 Å². The smallest absolute Gasteiger partial charge is 0.435 e. The highest BCUT2D eigenvalue weighted by molar-refractivity contribution is 5.57. The quantitative estimate of drug-likeness (QED) is 0.501. The van der Waals surface area contributed by atoms with Gasteiger partial charge in [0, 0.05) is 7.05 Å². The fourth-order valence-electron chi connectivity index (χ4n) is 0.943. The van der Waals surface area contributed by atoms with E-state index in [1.807, 2.05) is 11.9 Å². The standard InChI is InChI=1S/C6H10N2O2/c1-7-3-4-8(2,5-7)6(9)10/h3-4H,5H2,1-2H3/p+1. The lowest BCUT2D eigenvalue weighted by molar-refractivity contribution is -0.786. The molecule has 1 amide bonds. The van der Waals surface area contributed by atoms with Crippen molar-refractivity contribution in [3.63, 3.8) is 0 Å². The summed E-state index contributed by atoms with van der Waals surface area (Å²) >= 11 is 0. The minimum Gasteiger partial charge on any atom is -0.435 e. The monoisotopic (exact) mass is 143 g/mol. The normalized spacial score (nSPS) is 31.2. The largest absolute Gasteiger partial charge is 0.519 e. The molecular weight excluding hydrogens is 132 g/mol. The Morgan fingerprint density at radius 2 is 2.40 bits per heavy atom.